The third-order valence-corrected chi connectivity index (χ3v) is 7.15. The van der Waals surface area contributed by atoms with E-state index in [1.807, 2.05) is 26.0 Å². The molecule has 0 bridgehead atoms. The summed E-state index contributed by atoms with van der Waals surface area (Å²) < 4.78 is 36.2. The maximum Gasteiger partial charge on any atom is 0.410 e. The molecule has 0 aliphatic carbocycles. The van der Waals surface area contributed by atoms with Gasteiger partial charge < -0.3 is 14.1 Å². The van der Waals surface area contributed by atoms with E-state index in [0.717, 1.165) is 40.8 Å². The fourth-order valence-corrected chi connectivity index (χ4v) is 4.92. The number of hydrogen-bond acceptors (Lipinski definition) is 6. The van der Waals surface area contributed by atoms with Crippen molar-refractivity contribution in [3.8, 4) is 0 Å². The molecule has 1 fully saturated rings. The molecular formula is C22H29N3O5S. The largest absolute Gasteiger partial charge is 0.459 e. The molecule has 2 aromatic rings. The number of carbonyl (C=O) groups excluding carboxylic acids is 1. The summed E-state index contributed by atoms with van der Waals surface area (Å²) >= 11 is 0. The Morgan fingerprint density at radius 1 is 1.23 bits per heavy atom. The third-order valence-electron chi connectivity index (χ3n) is 5.89. The monoisotopic (exact) mass is 447 g/mol. The van der Waals surface area contributed by atoms with Crippen molar-refractivity contribution in [3.05, 3.63) is 35.9 Å². The Balaban J connectivity index is 1.44. The van der Waals surface area contributed by atoms with Crippen LogP contribution in [0.15, 0.2) is 28.8 Å². The summed E-state index contributed by atoms with van der Waals surface area (Å²) in [5.74, 6) is 1.18. The summed E-state index contributed by atoms with van der Waals surface area (Å²) in [6.45, 7) is 5.86. The van der Waals surface area contributed by atoms with Gasteiger partial charge >= 0.3 is 6.09 Å². The standard InChI is InChI=1S/C22H29N3O5S/c1-15(2)29-22(26)24-8-4-17(5-9-24)20-13-18-12-19(23-14-21(18)30-20)16-6-10-25(11-7-16)31(3,27)28/h6,12-15,17H,4-5,7-11H2,1-3H3. The average Bonchev–Trinajstić information content (AvgIpc) is 3.16. The highest BCUT2D eigenvalue weighted by molar-refractivity contribution is 7.88. The molecule has 1 amide bonds. The highest BCUT2D eigenvalue weighted by atomic mass is 32.2. The maximum atomic E-state index is 12.1. The second-order valence-electron chi connectivity index (χ2n) is 8.55. The van der Waals surface area contributed by atoms with Crippen molar-refractivity contribution < 1.29 is 22.4 Å². The third kappa shape index (κ3) is 4.93. The topological polar surface area (TPSA) is 93.0 Å². The highest BCUT2D eigenvalue weighted by Crippen LogP contribution is 2.33. The van der Waals surface area contributed by atoms with Crippen molar-refractivity contribution in [1.82, 2.24) is 14.2 Å². The lowest BCUT2D eigenvalue weighted by molar-refractivity contribution is 0.0684. The van der Waals surface area contributed by atoms with Crippen molar-refractivity contribution >= 4 is 32.7 Å². The number of pyridine rings is 1. The second kappa shape index (κ2) is 8.63. The summed E-state index contributed by atoms with van der Waals surface area (Å²) in [6.07, 6.45) is 6.86. The Bertz CT molecular complexity index is 1100. The molecule has 2 aromatic heterocycles. The molecule has 0 atom stereocenters. The van der Waals surface area contributed by atoms with E-state index >= 15 is 0 Å². The molecule has 8 nitrogen and oxygen atoms in total. The molecule has 4 heterocycles. The average molecular weight is 448 g/mol. The first-order chi connectivity index (χ1) is 14.7. The molecule has 1 saturated heterocycles. The van der Waals surface area contributed by atoms with Crippen LogP contribution in [0.25, 0.3) is 16.5 Å². The van der Waals surface area contributed by atoms with E-state index in [0.29, 0.717) is 32.6 Å². The van der Waals surface area contributed by atoms with Gasteiger partial charge in [0.1, 0.15) is 5.76 Å². The van der Waals surface area contributed by atoms with Gasteiger partial charge in [0.2, 0.25) is 10.0 Å². The zero-order valence-electron chi connectivity index (χ0n) is 18.2. The lowest BCUT2D eigenvalue weighted by atomic mass is 9.94. The van der Waals surface area contributed by atoms with Crippen LogP contribution in [-0.2, 0) is 14.8 Å². The molecule has 0 radical (unpaired) electrons. The normalized spacial score (nSPS) is 19.1. The second-order valence-corrected chi connectivity index (χ2v) is 10.5. The van der Waals surface area contributed by atoms with Gasteiger partial charge in [0.05, 0.1) is 24.3 Å². The van der Waals surface area contributed by atoms with E-state index in [-0.39, 0.29) is 18.1 Å². The molecule has 9 heteroatoms. The van der Waals surface area contributed by atoms with Crippen LogP contribution >= 0.6 is 0 Å². The van der Waals surface area contributed by atoms with Crippen molar-refractivity contribution in [2.24, 2.45) is 0 Å². The van der Waals surface area contributed by atoms with Gasteiger partial charge in [-0.05, 0) is 50.8 Å². The number of aromatic nitrogens is 1. The lowest BCUT2D eigenvalue weighted by Crippen LogP contribution is -2.39. The number of amides is 1. The van der Waals surface area contributed by atoms with Crippen molar-refractivity contribution in [1.29, 1.82) is 0 Å². The number of fused-ring (bicyclic) bond motifs is 1. The number of piperidine rings is 1. The molecule has 168 valence electrons. The molecule has 2 aliphatic heterocycles. The number of ether oxygens (including phenoxy) is 1. The first kappa shape index (κ1) is 21.8. The number of sulfonamides is 1. The zero-order chi connectivity index (χ0) is 22.2. The minimum absolute atomic E-state index is 0.115. The summed E-state index contributed by atoms with van der Waals surface area (Å²) in [5, 5.41) is 0.994. The van der Waals surface area contributed by atoms with Gasteiger partial charge in [0.25, 0.3) is 0 Å². The summed E-state index contributed by atoms with van der Waals surface area (Å²) in [7, 11) is -3.17. The zero-order valence-corrected chi connectivity index (χ0v) is 19.0. The van der Waals surface area contributed by atoms with E-state index in [4.69, 9.17) is 9.15 Å². The van der Waals surface area contributed by atoms with Gasteiger partial charge in [-0.3, -0.25) is 4.98 Å². The molecule has 31 heavy (non-hydrogen) atoms. The van der Waals surface area contributed by atoms with Crippen LogP contribution in [0.5, 0.6) is 0 Å². The highest BCUT2D eigenvalue weighted by Gasteiger charge is 2.27. The first-order valence-corrected chi connectivity index (χ1v) is 12.5. The number of carbonyl (C=O) groups is 1. The summed E-state index contributed by atoms with van der Waals surface area (Å²) in [5.41, 5.74) is 2.66. The Hall–Kier alpha value is -2.39. The minimum Gasteiger partial charge on any atom is -0.459 e. The number of rotatable bonds is 4. The molecule has 2 aliphatic rings. The van der Waals surface area contributed by atoms with Crippen LogP contribution in [0.4, 0.5) is 4.79 Å². The van der Waals surface area contributed by atoms with Gasteiger partial charge in [0.15, 0.2) is 5.58 Å². The predicted molar refractivity (Wildman–Crippen MR) is 118 cm³/mol. The fraction of sp³-hybridized carbons (Fsp3) is 0.545. The number of likely N-dealkylation sites (tertiary alicyclic amines) is 1. The van der Waals surface area contributed by atoms with E-state index in [2.05, 4.69) is 11.1 Å². The molecule has 0 saturated carbocycles. The lowest BCUT2D eigenvalue weighted by Gasteiger charge is -2.30. The van der Waals surface area contributed by atoms with Gasteiger partial charge in [0, 0.05) is 37.5 Å². The van der Waals surface area contributed by atoms with Crippen LogP contribution in [0.1, 0.15) is 50.5 Å². The molecule has 0 aromatic carbocycles. The molecular weight excluding hydrogens is 418 g/mol. The van der Waals surface area contributed by atoms with Crippen LogP contribution in [-0.4, -0.2) is 67.2 Å². The van der Waals surface area contributed by atoms with Crippen molar-refractivity contribution in [2.45, 2.75) is 45.1 Å². The van der Waals surface area contributed by atoms with Gasteiger partial charge in [-0.25, -0.2) is 13.2 Å². The molecule has 0 N–H and O–H groups in total. The molecule has 0 unspecified atom stereocenters. The van der Waals surface area contributed by atoms with E-state index in [9.17, 15) is 13.2 Å². The van der Waals surface area contributed by atoms with E-state index < -0.39 is 10.0 Å². The van der Waals surface area contributed by atoms with Crippen molar-refractivity contribution in [3.63, 3.8) is 0 Å². The number of hydrogen-bond donors (Lipinski definition) is 0. The van der Waals surface area contributed by atoms with Crippen LogP contribution in [0.3, 0.4) is 0 Å². The molecule has 4 rings (SSSR count). The summed E-state index contributed by atoms with van der Waals surface area (Å²) in [6, 6.07) is 4.08. The van der Waals surface area contributed by atoms with Gasteiger partial charge in [-0.15, -0.1) is 0 Å². The van der Waals surface area contributed by atoms with Crippen molar-refractivity contribution in [2.75, 3.05) is 32.4 Å². The Morgan fingerprint density at radius 3 is 2.58 bits per heavy atom. The SMILES string of the molecule is CC(C)OC(=O)N1CCC(c2cc3cc(C4=CCN(S(C)(=O)=O)CC4)ncc3o2)CC1. The number of nitrogens with zero attached hydrogens (tertiary/aromatic N) is 3. The summed E-state index contributed by atoms with van der Waals surface area (Å²) in [4.78, 5) is 18.4. The Labute approximate surface area is 182 Å². The molecule has 0 spiro atoms. The van der Waals surface area contributed by atoms with Gasteiger partial charge in [-0.2, -0.15) is 4.31 Å². The number of furan rings is 1. The predicted octanol–water partition coefficient (Wildman–Crippen LogP) is 3.60. The minimum atomic E-state index is -3.17. The Morgan fingerprint density at radius 2 is 1.97 bits per heavy atom. The maximum absolute atomic E-state index is 12.1. The van der Waals surface area contributed by atoms with Crippen LogP contribution in [0.2, 0.25) is 0 Å². The van der Waals surface area contributed by atoms with E-state index in [1.54, 1.807) is 11.1 Å². The fourth-order valence-electron chi connectivity index (χ4n) is 4.15. The van der Waals surface area contributed by atoms with Crippen LogP contribution in [0, 0.1) is 0 Å². The van der Waals surface area contributed by atoms with E-state index in [1.165, 1.54) is 10.6 Å². The Kier molecular flexibility index (Phi) is 6.07. The first-order valence-electron chi connectivity index (χ1n) is 10.7. The van der Waals surface area contributed by atoms with Crippen LogP contribution < -0.4 is 0 Å². The quantitative estimate of drug-likeness (QED) is 0.711. The smallest absolute Gasteiger partial charge is 0.410 e. The van der Waals surface area contributed by atoms with Gasteiger partial charge in [-0.1, -0.05) is 6.08 Å².